The van der Waals surface area contributed by atoms with Gasteiger partial charge in [0.15, 0.2) is 5.96 Å². The molecular weight excluding hydrogens is 250 g/mol. The highest BCUT2D eigenvalue weighted by molar-refractivity contribution is 5.81. The van der Waals surface area contributed by atoms with Crippen LogP contribution in [-0.4, -0.2) is 43.6 Å². The smallest absolute Gasteiger partial charge is 0.193 e. The third kappa shape index (κ3) is 2.89. The zero-order valence-electron chi connectivity index (χ0n) is 12.3. The van der Waals surface area contributed by atoms with Gasteiger partial charge in [-0.05, 0) is 37.5 Å². The molecule has 1 heterocycles. The Hall–Kier alpha value is -1.71. The van der Waals surface area contributed by atoms with Crippen LogP contribution in [0.25, 0.3) is 0 Å². The summed E-state index contributed by atoms with van der Waals surface area (Å²) in [5.41, 5.74) is 1.39. The Kier molecular flexibility index (Phi) is 3.81. The fourth-order valence-corrected chi connectivity index (χ4v) is 2.74. The summed E-state index contributed by atoms with van der Waals surface area (Å²) in [7, 11) is 2.11. The number of hydrogen-bond acceptors (Lipinski definition) is 4. The van der Waals surface area contributed by atoms with Gasteiger partial charge in [-0.2, -0.15) is 0 Å². The average Bonchev–Trinajstić information content (AvgIpc) is 3.22. The molecule has 1 N–H and O–H groups in total. The first-order chi connectivity index (χ1) is 9.78. The molecule has 0 spiro atoms. The first-order valence-corrected chi connectivity index (χ1v) is 7.53. The van der Waals surface area contributed by atoms with Crippen molar-refractivity contribution in [3.63, 3.8) is 0 Å². The number of rotatable bonds is 4. The topological polar surface area (TPSA) is 36.9 Å². The Bertz CT molecular complexity index is 483. The summed E-state index contributed by atoms with van der Waals surface area (Å²) in [5, 5.41) is 3.58. The van der Waals surface area contributed by atoms with Gasteiger partial charge >= 0.3 is 0 Å². The van der Waals surface area contributed by atoms with Gasteiger partial charge < -0.3 is 15.0 Å². The molecule has 1 aromatic carbocycles. The lowest BCUT2D eigenvalue weighted by Crippen LogP contribution is -2.43. The first-order valence-electron chi connectivity index (χ1n) is 7.53. The highest BCUT2D eigenvalue weighted by atomic mass is 16.5. The summed E-state index contributed by atoms with van der Waals surface area (Å²) in [6, 6.07) is 9.04. The number of benzene rings is 1. The lowest BCUT2D eigenvalue weighted by molar-refractivity contribution is 0.340. The van der Waals surface area contributed by atoms with Gasteiger partial charge in [0.25, 0.3) is 0 Å². The van der Waals surface area contributed by atoms with Gasteiger partial charge in [0, 0.05) is 32.1 Å². The number of guanidine groups is 1. The maximum absolute atomic E-state index is 5.48. The van der Waals surface area contributed by atoms with Crippen LogP contribution in [0.2, 0.25) is 0 Å². The minimum atomic E-state index is 0.534. The number of nitrogens with zero attached hydrogens (tertiary/aromatic N) is 2. The van der Waals surface area contributed by atoms with Crippen LogP contribution >= 0.6 is 0 Å². The minimum absolute atomic E-state index is 0.534. The maximum atomic E-state index is 5.48. The molecule has 1 fully saturated rings. The molecule has 0 bridgehead atoms. The highest BCUT2D eigenvalue weighted by Crippen LogP contribution is 2.41. The van der Waals surface area contributed by atoms with Gasteiger partial charge in [0.1, 0.15) is 5.75 Å². The average molecular weight is 273 g/mol. The molecular formula is C16H23N3O. The van der Waals surface area contributed by atoms with E-state index in [1.54, 1.807) is 0 Å². The van der Waals surface area contributed by atoms with E-state index in [-0.39, 0.29) is 0 Å². The van der Waals surface area contributed by atoms with Crippen molar-refractivity contribution in [3.8, 4) is 5.75 Å². The van der Waals surface area contributed by atoms with Gasteiger partial charge in [-0.25, -0.2) is 0 Å². The van der Waals surface area contributed by atoms with E-state index in [9.17, 15) is 0 Å². The van der Waals surface area contributed by atoms with Gasteiger partial charge in [0.05, 0.1) is 6.61 Å². The van der Waals surface area contributed by atoms with E-state index in [1.165, 1.54) is 12.0 Å². The van der Waals surface area contributed by atoms with Crippen LogP contribution < -0.4 is 10.1 Å². The predicted molar refractivity (Wildman–Crippen MR) is 81.4 cm³/mol. The van der Waals surface area contributed by atoms with Crippen LogP contribution in [0.1, 0.15) is 31.2 Å². The number of ether oxygens (including phenoxy) is 1. The minimum Gasteiger partial charge on any atom is -0.494 e. The van der Waals surface area contributed by atoms with Crippen LogP contribution in [0, 0.1) is 0 Å². The molecule has 2 aliphatic rings. The fraction of sp³-hybridized carbons (Fsp3) is 0.562. The molecule has 3 rings (SSSR count). The molecule has 0 amide bonds. The van der Waals surface area contributed by atoms with Crippen molar-refractivity contribution in [2.45, 2.75) is 31.7 Å². The quantitative estimate of drug-likeness (QED) is 0.914. The standard InChI is InChI=1S/C16H23N3O/c1-3-20-13-7-5-12(6-8-13)14-11-15(14)18-16-17-9-4-10-19(16)2/h5-8,14-15H,3-4,9-11H2,1-2H3,(H,17,18)/t14-,15+/m0/s1. The first kappa shape index (κ1) is 13.3. The summed E-state index contributed by atoms with van der Waals surface area (Å²) in [4.78, 5) is 6.79. The molecule has 108 valence electrons. The van der Waals surface area contributed by atoms with Crippen LogP contribution in [0.4, 0.5) is 0 Å². The highest BCUT2D eigenvalue weighted by Gasteiger charge is 2.39. The number of aliphatic imine (C=N–C) groups is 1. The summed E-state index contributed by atoms with van der Waals surface area (Å²) in [5.74, 6) is 2.64. The second kappa shape index (κ2) is 5.73. The predicted octanol–water partition coefficient (Wildman–Crippen LogP) is 2.22. The molecule has 0 unspecified atom stereocenters. The van der Waals surface area contributed by atoms with Crippen molar-refractivity contribution in [1.29, 1.82) is 0 Å². The zero-order valence-corrected chi connectivity index (χ0v) is 12.3. The van der Waals surface area contributed by atoms with Crippen molar-refractivity contribution in [2.75, 3.05) is 26.7 Å². The van der Waals surface area contributed by atoms with Crippen molar-refractivity contribution >= 4 is 5.96 Å². The van der Waals surface area contributed by atoms with E-state index in [0.717, 1.165) is 37.8 Å². The lowest BCUT2D eigenvalue weighted by atomic mass is 10.1. The summed E-state index contributed by atoms with van der Waals surface area (Å²) in [6.45, 7) is 4.79. The third-order valence-electron chi connectivity index (χ3n) is 4.00. The van der Waals surface area contributed by atoms with Crippen molar-refractivity contribution < 1.29 is 4.74 Å². The monoisotopic (exact) mass is 273 g/mol. The van der Waals surface area contributed by atoms with E-state index in [0.29, 0.717) is 12.0 Å². The fourth-order valence-electron chi connectivity index (χ4n) is 2.74. The SMILES string of the molecule is CCOc1ccc([C@@H]2C[C@H]2NC2=NCCCN2C)cc1. The van der Waals surface area contributed by atoms with Crippen LogP contribution in [-0.2, 0) is 0 Å². The molecule has 1 aliphatic carbocycles. The molecule has 1 aliphatic heterocycles. The van der Waals surface area contributed by atoms with Crippen LogP contribution in [0.3, 0.4) is 0 Å². The van der Waals surface area contributed by atoms with E-state index in [1.807, 2.05) is 6.92 Å². The maximum Gasteiger partial charge on any atom is 0.193 e. The van der Waals surface area contributed by atoms with Crippen molar-refractivity contribution in [1.82, 2.24) is 10.2 Å². The molecule has 0 radical (unpaired) electrons. The third-order valence-corrected chi connectivity index (χ3v) is 4.00. The Balaban J connectivity index is 1.57. The number of nitrogens with one attached hydrogen (secondary N) is 1. The Morgan fingerprint density at radius 2 is 2.15 bits per heavy atom. The molecule has 0 saturated heterocycles. The van der Waals surface area contributed by atoms with Gasteiger partial charge in [-0.15, -0.1) is 0 Å². The second-order valence-corrected chi connectivity index (χ2v) is 5.58. The summed E-state index contributed by atoms with van der Waals surface area (Å²) >= 11 is 0. The molecule has 0 aromatic heterocycles. The Morgan fingerprint density at radius 1 is 1.35 bits per heavy atom. The van der Waals surface area contributed by atoms with Crippen molar-refractivity contribution in [2.24, 2.45) is 4.99 Å². The molecule has 4 nitrogen and oxygen atoms in total. The largest absolute Gasteiger partial charge is 0.494 e. The van der Waals surface area contributed by atoms with Gasteiger partial charge in [-0.1, -0.05) is 12.1 Å². The molecule has 20 heavy (non-hydrogen) atoms. The Morgan fingerprint density at radius 3 is 2.85 bits per heavy atom. The van der Waals surface area contributed by atoms with E-state index < -0.39 is 0 Å². The molecule has 2 atom stereocenters. The zero-order chi connectivity index (χ0) is 13.9. The van der Waals surface area contributed by atoms with Gasteiger partial charge in [0.2, 0.25) is 0 Å². The summed E-state index contributed by atoms with van der Waals surface area (Å²) < 4.78 is 5.48. The van der Waals surface area contributed by atoms with Gasteiger partial charge in [-0.3, -0.25) is 4.99 Å². The van der Waals surface area contributed by atoms with E-state index >= 15 is 0 Å². The van der Waals surface area contributed by atoms with Crippen LogP contribution in [0.5, 0.6) is 5.75 Å². The molecule has 1 saturated carbocycles. The molecule has 1 aromatic rings. The second-order valence-electron chi connectivity index (χ2n) is 5.58. The van der Waals surface area contributed by atoms with Crippen molar-refractivity contribution in [3.05, 3.63) is 29.8 Å². The lowest BCUT2D eigenvalue weighted by Gasteiger charge is -2.25. The number of hydrogen-bond donors (Lipinski definition) is 1. The summed E-state index contributed by atoms with van der Waals surface area (Å²) in [6.07, 6.45) is 2.36. The Labute approximate surface area is 120 Å². The van der Waals surface area contributed by atoms with E-state index in [2.05, 4.69) is 46.5 Å². The van der Waals surface area contributed by atoms with E-state index in [4.69, 9.17) is 4.74 Å². The molecule has 4 heteroatoms. The van der Waals surface area contributed by atoms with Crippen LogP contribution in [0.15, 0.2) is 29.3 Å². The normalized spacial score (nSPS) is 25.1.